The Bertz CT molecular complexity index is 103. The molecule has 0 spiro atoms. The van der Waals surface area contributed by atoms with E-state index in [1.165, 1.54) is 12.3 Å². The number of hydrogen-bond donors (Lipinski definition) is 1. The summed E-state index contributed by atoms with van der Waals surface area (Å²) >= 11 is 2.09. The van der Waals surface area contributed by atoms with Gasteiger partial charge in [-0.1, -0.05) is 20.8 Å². The number of thioether (sulfide) groups is 1. The molecule has 2 heteroatoms. The van der Waals surface area contributed by atoms with Crippen LogP contribution in [0.5, 0.6) is 0 Å². The van der Waals surface area contributed by atoms with Gasteiger partial charge in [-0.3, -0.25) is 0 Å². The van der Waals surface area contributed by atoms with Crippen molar-refractivity contribution < 1.29 is 0 Å². The van der Waals surface area contributed by atoms with Gasteiger partial charge in [0.15, 0.2) is 0 Å². The molecule has 0 aromatic rings. The average molecular weight is 159 g/mol. The summed E-state index contributed by atoms with van der Waals surface area (Å²) < 4.78 is 0. The van der Waals surface area contributed by atoms with Crippen molar-refractivity contribution >= 4 is 11.8 Å². The van der Waals surface area contributed by atoms with Gasteiger partial charge in [-0.05, 0) is 5.92 Å². The molecule has 0 radical (unpaired) electrons. The van der Waals surface area contributed by atoms with E-state index in [1.54, 1.807) is 0 Å². The minimum Gasteiger partial charge on any atom is -0.312 e. The van der Waals surface area contributed by atoms with Gasteiger partial charge < -0.3 is 5.32 Å². The maximum atomic E-state index is 3.55. The molecule has 1 aliphatic heterocycles. The molecule has 1 N–H and O–H groups in total. The molecule has 1 rings (SSSR count). The normalized spacial score (nSPS) is 34.8. The summed E-state index contributed by atoms with van der Waals surface area (Å²) in [7, 11) is 0. The minimum atomic E-state index is 0.735. The molecule has 0 bridgehead atoms. The highest BCUT2D eigenvalue weighted by Gasteiger charge is 2.23. The lowest BCUT2D eigenvalue weighted by Gasteiger charge is -2.32. The predicted octanol–water partition coefficient (Wildman–Crippen LogP) is 1.74. The van der Waals surface area contributed by atoms with Gasteiger partial charge in [-0.25, -0.2) is 0 Å². The Morgan fingerprint density at radius 3 is 2.60 bits per heavy atom. The number of nitrogens with one attached hydrogen (secondary N) is 1. The van der Waals surface area contributed by atoms with E-state index in [1.807, 2.05) is 0 Å². The van der Waals surface area contributed by atoms with Crippen molar-refractivity contribution in [2.24, 2.45) is 5.92 Å². The van der Waals surface area contributed by atoms with Crippen LogP contribution in [0.2, 0.25) is 0 Å². The Morgan fingerprint density at radius 1 is 1.50 bits per heavy atom. The largest absolute Gasteiger partial charge is 0.312 e. The second-order valence-corrected chi connectivity index (χ2v) is 4.78. The Labute approximate surface area is 68.0 Å². The highest BCUT2D eigenvalue weighted by Crippen LogP contribution is 2.22. The van der Waals surface area contributed by atoms with Crippen LogP contribution in [0.1, 0.15) is 20.8 Å². The Morgan fingerprint density at radius 2 is 2.20 bits per heavy atom. The zero-order chi connectivity index (χ0) is 7.56. The SMILES string of the molecule is CC(C)C1NCCSC1C. The summed E-state index contributed by atoms with van der Waals surface area (Å²) in [6.07, 6.45) is 0. The molecule has 1 fully saturated rings. The van der Waals surface area contributed by atoms with Gasteiger partial charge in [0.05, 0.1) is 0 Å². The van der Waals surface area contributed by atoms with Gasteiger partial charge in [0.25, 0.3) is 0 Å². The monoisotopic (exact) mass is 159 g/mol. The van der Waals surface area contributed by atoms with Gasteiger partial charge >= 0.3 is 0 Å². The minimum absolute atomic E-state index is 0.735. The Hall–Kier alpha value is 0.310. The third kappa shape index (κ3) is 1.89. The smallest absolute Gasteiger partial charge is 0.0207 e. The van der Waals surface area contributed by atoms with Crippen LogP contribution in [-0.4, -0.2) is 23.6 Å². The second-order valence-electron chi connectivity index (χ2n) is 3.30. The molecule has 0 aromatic carbocycles. The second kappa shape index (κ2) is 3.63. The summed E-state index contributed by atoms with van der Waals surface area (Å²) in [4.78, 5) is 0. The van der Waals surface area contributed by atoms with Gasteiger partial charge in [-0.15, -0.1) is 0 Å². The van der Waals surface area contributed by atoms with E-state index < -0.39 is 0 Å². The first-order valence-electron chi connectivity index (χ1n) is 4.07. The molecule has 0 saturated carbocycles. The van der Waals surface area contributed by atoms with Crippen molar-refractivity contribution in [3.63, 3.8) is 0 Å². The van der Waals surface area contributed by atoms with Gasteiger partial charge in [0.1, 0.15) is 0 Å². The van der Waals surface area contributed by atoms with Crippen LogP contribution < -0.4 is 5.32 Å². The third-order valence-corrected chi connectivity index (χ3v) is 3.35. The van der Waals surface area contributed by atoms with Crippen LogP contribution in [0.4, 0.5) is 0 Å². The lowest BCUT2D eigenvalue weighted by Crippen LogP contribution is -2.45. The van der Waals surface area contributed by atoms with Crippen molar-refractivity contribution in [2.75, 3.05) is 12.3 Å². The van der Waals surface area contributed by atoms with Crippen LogP contribution in [-0.2, 0) is 0 Å². The van der Waals surface area contributed by atoms with Gasteiger partial charge in [0.2, 0.25) is 0 Å². The maximum Gasteiger partial charge on any atom is 0.0207 e. The molecule has 2 atom stereocenters. The van der Waals surface area contributed by atoms with E-state index in [2.05, 4.69) is 37.8 Å². The van der Waals surface area contributed by atoms with Crippen molar-refractivity contribution in [3.05, 3.63) is 0 Å². The van der Waals surface area contributed by atoms with Crippen molar-refractivity contribution in [2.45, 2.75) is 32.1 Å². The van der Waals surface area contributed by atoms with Crippen LogP contribution >= 0.6 is 11.8 Å². The summed E-state index contributed by atoms with van der Waals surface area (Å²) in [6.45, 7) is 8.10. The van der Waals surface area contributed by atoms with Crippen LogP contribution in [0.25, 0.3) is 0 Å². The summed E-state index contributed by atoms with van der Waals surface area (Å²) in [5.74, 6) is 2.06. The summed E-state index contributed by atoms with van der Waals surface area (Å²) in [6, 6.07) is 0.735. The fourth-order valence-electron chi connectivity index (χ4n) is 1.52. The molecule has 1 nitrogen and oxygen atoms in total. The summed E-state index contributed by atoms with van der Waals surface area (Å²) in [5, 5.41) is 4.35. The lowest BCUT2D eigenvalue weighted by molar-refractivity contribution is 0.398. The van der Waals surface area contributed by atoms with Crippen molar-refractivity contribution in [1.82, 2.24) is 5.32 Å². The molecule has 0 amide bonds. The molecular weight excluding hydrogens is 142 g/mol. The highest BCUT2D eigenvalue weighted by atomic mass is 32.2. The van der Waals surface area contributed by atoms with Crippen molar-refractivity contribution in [1.29, 1.82) is 0 Å². The lowest BCUT2D eigenvalue weighted by atomic mass is 10.0. The van der Waals surface area contributed by atoms with E-state index >= 15 is 0 Å². The van der Waals surface area contributed by atoms with E-state index in [0.717, 1.165) is 17.2 Å². The maximum absolute atomic E-state index is 3.55. The topological polar surface area (TPSA) is 12.0 Å². The number of rotatable bonds is 1. The van der Waals surface area contributed by atoms with Crippen LogP contribution in [0.15, 0.2) is 0 Å². The zero-order valence-corrected chi connectivity index (χ0v) is 7.87. The fourth-order valence-corrected chi connectivity index (χ4v) is 2.74. The molecule has 10 heavy (non-hydrogen) atoms. The van der Waals surface area contributed by atoms with Crippen LogP contribution in [0.3, 0.4) is 0 Å². The molecule has 1 heterocycles. The first kappa shape index (κ1) is 8.41. The Kier molecular flexibility index (Phi) is 3.05. The molecular formula is C8H17NS. The molecule has 1 aliphatic rings. The van der Waals surface area contributed by atoms with Gasteiger partial charge in [-0.2, -0.15) is 11.8 Å². The molecule has 1 saturated heterocycles. The number of hydrogen-bond acceptors (Lipinski definition) is 2. The average Bonchev–Trinajstić information content (AvgIpc) is 1.88. The summed E-state index contributed by atoms with van der Waals surface area (Å²) in [5.41, 5.74) is 0. The van der Waals surface area contributed by atoms with Crippen molar-refractivity contribution in [3.8, 4) is 0 Å². The first-order chi connectivity index (χ1) is 4.72. The standard InChI is InChI=1S/C8H17NS/c1-6(2)8-7(3)10-5-4-9-8/h6-9H,4-5H2,1-3H3. The van der Waals surface area contributed by atoms with Crippen LogP contribution in [0, 0.1) is 5.92 Å². The van der Waals surface area contributed by atoms with Gasteiger partial charge in [0, 0.05) is 23.6 Å². The van der Waals surface area contributed by atoms with E-state index in [4.69, 9.17) is 0 Å². The third-order valence-electron chi connectivity index (χ3n) is 2.09. The predicted molar refractivity (Wildman–Crippen MR) is 48.5 cm³/mol. The highest BCUT2D eigenvalue weighted by molar-refractivity contribution is 8.00. The van der Waals surface area contributed by atoms with E-state index in [-0.39, 0.29) is 0 Å². The zero-order valence-electron chi connectivity index (χ0n) is 7.05. The van der Waals surface area contributed by atoms with E-state index in [0.29, 0.717) is 0 Å². The molecule has 60 valence electrons. The first-order valence-corrected chi connectivity index (χ1v) is 5.11. The fraction of sp³-hybridized carbons (Fsp3) is 1.00. The Balaban J connectivity index is 2.40. The van der Waals surface area contributed by atoms with E-state index in [9.17, 15) is 0 Å². The molecule has 0 aromatic heterocycles. The molecule has 2 unspecified atom stereocenters. The quantitative estimate of drug-likeness (QED) is 0.625. The molecule has 0 aliphatic carbocycles.